The van der Waals surface area contributed by atoms with Gasteiger partial charge >= 0.3 is 12.0 Å². The largest absolute Gasteiger partial charge is 0.450 e. The summed E-state index contributed by atoms with van der Waals surface area (Å²) in [7, 11) is 1.73. The van der Waals surface area contributed by atoms with Crippen LogP contribution < -0.4 is 20.7 Å². The predicted octanol–water partition coefficient (Wildman–Crippen LogP) is 3.32. The number of quaternary nitrogens is 1. The smallest absolute Gasteiger partial charge is 0.413 e. The molecule has 0 saturated heterocycles. The Balaban J connectivity index is 2.38. The first-order valence-corrected chi connectivity index (χ1v) is 9.30. The molecule has 8 heteroatoms. The van der Waals surface area contributed by atoms with Crippen molar-refractivity contribution in [2.75, 3.05) is 19.0 Å². The van der Waals surface area contributed by atoms with Gasteiger partial charge in [-0.1, -0.05) is 42.5 Å². The number of benzene rings is 2. The molecule has 3 N–H and O–H groups in total. The summed E-state index contributed by atoms with van der Waals surface area (Å²) < 4.78 is 4.71. The molecule has 148 valence electrons. The fraction of sp³-hybridized carbons (Fsp3) is 0.250. The van der Waals surface area contributed by atoms with Gasteiger partial charge in [-0.15, -0.1) is 4.59 Å². The minimum absolute atomic E-state index is 0.0865. The number of hydrogen-bond acceptors (Lipinski definition) is 5. The lowest BCUT2D eigenvalue weighted by molar-refractivity contribution is -0.131. The molecule has 0 aromatic heterocycles. The monoisotopic (exact) mass is 401 g/mol. The summed E-state index contributed by atoms with van der Waals surface area (Å²) in [5.74, 6) is -0.0927. The average Bonchev–Trinajstić information content (AvgIpc) is 2.67. The number of para-hydroxylation sites is 2. The lowest BCUT2D eigenvalue weighted by Crippen LogP contribution is -2.60. The molecule has 0 aliphatic heterocycles. The van der Waals surface area contributed by atoms with Crippen LogP contribution in [0, 0.1) is 0 Å². The number of rotatable bonds is 6. The standard InChI is InChI=1S/C20H24N4O3S/c1-4-27-20(26)23-19(28)22-17-12-8-9-13-18(17)24(21-3,15(2)25)14-16-10-6-5-7-11-16/h5-13,21H,4,14H2,1-3H3,(H-,22,23,26,28)/p+1. The number of thiocarbonyl (C=S) groups is 1. The zero-order chi connectivity index (χ0) is 20.6. The number of anilines is 1. The van der Waals surface area contributed by atoms with Crippen molar-refractivity contribution in [2.24, 2.45) is 0 Å². The topological polar surface area (TPSA) is 79.5 Å². The molecule has 0 radical (unpaired) electrons. The number of hydrogen-bond donors (Lipinski definition) is 3. The Labute approximate surface area is 170 Å². The summed E-state index contributed by atoms with van der Waals surface area (Å²) in [5.41, 5.74) is 5.42. The van der Waals surface area contributed by atoms with Crippen LogP contribution in [0.3, 0.4) is 0 Å². The molecule has 0 aliphatic rings. The third kappa shape index (κ3) is 5.13. The van der Waals surface area contributed by atoms with Crippen molar-refractivity contribution in [3.8, 4) is 0 Å². The van der Waals surface area contributed by atoms with Crippen molar-refractivity contribution < 1.29 is 14.3 Å². The van der Waals surface area contributed by atoms with Gasteiger partial charge in [0.25, 0.3) is 0 Å². The number of ether oxygens (including phenoxy) is 1. The van der Waals surface area contributed by atoms with Crippen molar-refractivity contribution in [1.29, 1.82) is 0 Å². The number of nitrogens with zero attached hydrogens (tertiary/aromatic N) is 1. The second kappa shape index (κ2) is 9.93. The van der Waals surface area contributed by atoms with Gasteiger partial charge in [-0.3, -0.25) is 5.32 Å². The second-order valence-corrected chi connectivity index (χ2v) is 6.42. The molecule has 0 fully saturated rings. The predicted molar refractivity (Wildman–Crippen MR) is 115 cm³/mol. The summed E-state index contributed by atoms with van der Waals surface area (Å²) in [6.07, 6.45) is -0.636. The van der Waals surface area contributed by atoms with Crippen LogP contribution >= 0.6 is 12.2 Å². The third-order valence-corrected chi connectivity index (χ3v) is 4.44. The van der Waals surface area contributed by atoms with Crippen LogP contribution in [-0.2, 0) is 16.1 Å². The molecule has 2 aromatic carbocycles. The molecule has 0 bridgehead atoms. The van der Waals surface area contributed by atoms with E-state index in [0.717, 1.165) is 5.56 Å². The molecule has 28 heavy (non-hydrogen) atoms. The van der Waals surface area contributed by atoms with Gasteiger partial charge in [0.2, 0.25) is 0 Å². The van der Waals surface area contributed by atoms with Crippen molar-refractivity contribution in [3.63, 3.8) is 0 Å². The van der Waals surface area contributed by atoms with E-state index >= 15 is 0 Å². The van der Waals surface area contributed by atoms with Crippen LogP contribution in [0.4, 0.5) is 16.2 Å². The van der Waals surface area contributed by atoms with E-state index in [9.17, 15) is 9.59 Å². The minimum atomic E-state index is -0.636. The lowest BCUT2D eigenvalue weighted by atomic mass is 10.1. The molecule has 0 saturated carbocycles. The molecule has 0 spiro atoms. The van der Waals surface area contributed by atoms with Crippen molar-refractivity contribution in [1.82, 2.24) is 15.3 Å². The van der Waals surface area contributed by atoms with Gasteiger partial charge in [0.05, 0.1) is 13.5 Å². The molecule has 2 aromatic rings. The fourth-order valence-corrected chi connectivity index (χ4v) is 3.10. The first-order valence-electron chi connectivity index (χ1n) is 8.89. The maximum absolute atomic E-state index is 12.8. The minimum Gasteiger partial charge on any atom is -0.450 e. The SMILES string of the molecule is CCOC(=O)NC(=S)Nc1ccccc1[N+](Cc1ccccc1)(NC)C(C)=O. The molecule has 7 nitrogen and oxygen atoms in total. The Bertz CT molecular complexity index is 844. The zero-order valence-corrected chi connectivity index (χ0v) is 17.0. The van der Waals surface area contributed by atoms with E-state index in [1.165, 1.54) is 6.92 Å². The Morgan fingerprint density at radius 2 is 1.71 bits per heavy atom. The Hall–Kier alpha value is -2.81. The van der Waals surface area contributed by atoms with Crippen molar-refractivity contribution >= 4 is 40.7 Å². The molecular weight excluding hydrogens is 376 g/mol. The van der Waals surface area contributed by atoms with Gasteiger partial charge in [0.1, 0.15) is 12.2 Å². The first kappa shape index (κ1) is 21.5. The molecule has 2 rings (SSSR count). The normalized spacial score (nSPS) is 12.5. The van der Waals surface area contributed by atoms with E-state index < -0.39 is 6.09 Å². The van der Waals surface area contributed by atoms with Gasteiger partial charge < -0.3 is 10.1 Å². The molecule has 2 amide bonds. The molecule has 0 heterocycles. The number of alkyl carbamates (subject to hydrolysis) is 1. The second-order valence-electron chi connectivity index (χ2n) is 6.01. The molecule has 1 unspecified atom stereocenters. The highest BCUT2D eigenvalue weighted by Crippen LogP contribution is 2.32. The quantitative estimate of drug-likeness (QED) is 0.392. The average molecular weight is 402 g/mol. The van der Waals surface area contributed by atoms with Crippen LogP contribution in [0.15, 0.2) is 54.6 Å². The summed E-state index contributed by atoms with van der Waals surface area (Å²) in [6.45, 7) is 3.89. The summed E-state index contributed by atoms with van der Waals surface area (Å²) in [5, 5.41) is 5.53. The van der Waals surface area contributed by atoms with Gasteiger partial charge in [-0.25, -0.2) is 9.59 Å². The highest BCUT2D eigenvalue weighted by molar-refractivity contribution is 7.80. The van der Waals surface area contributed by atoms with Crippen LogP contribution in [0.1, 0.15) is 19.4 Å². The van der Waals surface area contributed by atoms with E-state index in [4.69, 9.17) is 17.0 Å². The Morgan fingerprint density at radius 3 is 2.32 bits per heavy atom. The van der Waals surface area contributed by atoms with Crippen molar-refractivity contribution in [3.05, 3.63) is 60.2 Å². The van der Waals surface area contributed by atoms with Gasteiger partial charge in [-0.2, -0.15) is 5.43 Å². The number of carbonyl (C=O) groups is 2. The molecular formula is C20H25N4O3S+. The van der Waals surface area contributed by atoms with Gasteiger partial charge in [0.15, 0.2) is 10.8 Å². The first-order chi connectivity index (χ1) is 13.4. The summed E-state index contributed by atoms with van der Waals surface area (Å²) in [4.78, 5) is 24.4. The molecule has 1 atom stereocenters. The van der Waals surface area contributed by atoms with E-state index in [1.54, 1.807) is 20.0 Å². The lowest BCUT2D eigenvalue weighted by Gasteiger charge is -2.34. The fourth-order valence-electron chi connectivity index (χ4n) is 2.91. The summed E-state index contributed by atoms with van der Waals surface area (Å²) >= 11 is 5.21. The Morgan fingerprint density at radius 1 is 1.07 bits per heavy atom. The van der Waals surface area contributed by atoms with Crippen LogP contribution in [0.25, 0.3) is 0 Å². The van der Waals surface area contributed by atoms with E-state index in [2.05, 4.69) is 16.1 Å². The number of carbonyl (C=O) groups excluding carboxylic acids is 2. The number of nitrogens with one attached hydrogen (secondary N) is 3. The Kier molecular flexibility index (Phi) is 7.62. The van der Waals surface area contributed by atoms with Crippen LogP contribution in [0.2, 0.25) is 0 Å². The van der Waals surface area contributed by atoms with Crippen molar-refractivity contribution in [2.45, 2.75) is 20.4 Å². The van der Waals surface area contributed by atoms with Crippen LogP contribution in [-0.4, -0.2) is 30.8 Å². The van der Waals surface area contributed by atoms with E-state index in [1.807, 2.05) is 48.5 Å². The third-order valence-electron chi connectivity index (χ3n) is 4.24. The van der Waals surface area contributed by atoms with Gasteiger partial charge in [-0.05, 0) is 25.2 Å². The summed E-state index contributed by atoms with van der Waals surface area (Å²) in [6, 6.07) is 17.0. The van der Waals surface area contributed by atoms with E-state index in [-0.39, 0.29) is 22.2 Å². The maximum atomic E-state index is 12.8. The highest BCUT2D eigenvalue weighted by Gasteiger charge is 2.38. The number of amides is 2. The molecule has 0 aliphatic carbocycles. The highest BCUT2D eigenvalue weighted by atomic mass is 32.1. The zero-order valence-electron chi connectivity index (χ0n) is 16.2. The van der Waals surface area contributed by atoms with Gasteiger partial charge in [0, 0.05) is 18.7 Å². The maximum Gasteiger partial charge on any atom is 0.413 e. The van der Waals surface area contributed by atoms with E-state index in [0.29, 0.717) is 17.9 Å². The van der Waals surface area contributed by atoms with Crippen LogP contribution in [0.5, 0.6) is 0 Å².